The van der Waals surface area contributed by atoms with Gasteiger partial charge in [-0.3, -0.25) is 9.59 Å². The van der Waals surface area contributed by atoms with Gasteiger partial charge in [-0.2, -0.15) is 0 Å². The summed E-state index contributed by atoms with van der Waals surface area (Å²) in [7, 11) is 1.27. The Morgan fingerprint density at radius 3 is 2.04 bits per heavy atom. The number of carbonyl (C=O) groups is 4. The van der Waals surface area contributed by atoms with Crippen molar-refractivity contribution in [1.29, 1.82) is 0 Å². The summed E-state index contributed by atoms with van der Waals surface area (Å²) >= 11 is 0. The van der Waals surface area contributed by atoms with Gasteiger partial charge < -0.3 is 34.9 Å². The van der Waals surface area contributed by atoms with Crippen LogP contribution >= 0.6 is 0 Å². The Labute approximate surface area is 314 Å². The number of anilines is 1. The van der Waals surface area contributed by atoms with Crippen LogP contribution in [0.25, 0.3) is 32.7 Å². The van der Waals surface area contributed by atoms with Crippen LogP contribution in [0.15, 0.2) is 110 Å². The second kappa shape index (κ2) is 17.9. The largest absolute Gasteiger partial charge is 0.489 e. The van der Waals surface area contributed by atoms with Gasteiger partial charge in [0.25, 0.3) is 5.91 Å². The van der Waals surface area contributed by atoms with E-state index in [0.29, 0.717) is 30.2 Å². The third-order valence-electron chi connectivity index (χ3n) is 8.29. The standard InChI is InChI=1S/C43H45N3O8/c1-6-25-52-35-22-20-28-13-7-9-17-32(28)38(35)39-33-18-10-8-14-29(33)21-23-36(39)53-27-37(47)46-34(19-12-24-44-42(50)54-43(2,3)4)40(48)45-31-16-11-15-30(26-31)41(49)51-5/h6-11,13-18,20-23,26,34H,1,12,19,24-25,27H2,2-5H3,(H,44,50)(H,45,48)(H,46,47)/t34-/m1/s1. The smallest absolute Gasteiger partial charge is 0.407 e. The molecule has 54 heavy (non-hydrogen) atoms. The lowest BCUT2D eigenvalue weighted by Gasteiger charge is -2.21. The van der Waals surface area contributed by atoms with Crippen molar-refractivity contribution in [3.05, 3.63) is 115 Å². The summed E-state index contributed by atoms with van der Waals surface area (Å²) in [5.74, 6) is -0.539. The molecule has 0 radical (unpaired) electrons. The van der Waals surface area contributed by atoms with Gasteiger partial charge in [0.1, 0.15) is 29.7 Å². The number of nitrogens with one attached hydrogen (secondary N) is 3. The van der Waals surface area contributed by atoms with Crippen LogP contribution in [0.3, 0.4) is 0 Å². The van der Waals surface area contributed by atoms with Gasteiger partial charge in [-0.05, 0) is 85.5 Å². The van der Waals surface area contributed by atoms with Crippen LogP contribution in [-0.2, 0) is 19.1 Å². The first-order valence-electron chi connectivity index (χ1n) is 17.6. The molecule has 0 bridgehead atoms. The molecule has 0 spiro atoms. The fourth-order valence-electron chi connectivity index (χ4n) is 5.94. The lowest BCUT2D eigenvalue weighted by molar-refractivity contribution is -0.128. The molecule has 11 heteroatoms. The monoisotopic (exact) mass is 731 g/mol. The van der Waals surface area contributed by atoms with Gasteiger partial charge in [-0.1, -0.05) is 79.4 Å². The maximum Gasteiger partial charge on any atom is 0.407 e. The minimum atomic E-state index is -1.02. The summed E-state index contributed by atoms with van der Waals surface area (Å²) in [6.07, 6.45) is 1.60. The number of amides is 3. The molecule has 5 aromatic rings. The summed E-state index contributed by atoms with van der Waals surface area (Å²) in [4.78, 5) is 51.5. The molecule has 1 atom stereocenters. The van der Waals surface area contributed by atoms with Crippen molar-refractivity contribution in [2.45, 2.75) is 45.3 Å². The minimum Gasteiger partial charge on any atom is -0.489 e. The molecule has 0 fully saturated rings. The van der Waals surface area contributed by atoms with E-state index in [1.54, 1.807) is 45.0 Å². The summed E-state index contributed by atoms with van der Waals surface area (Å²) in [5, 5.41) is 12.1. The fourth-order valence-corrected chi connectivity index (χ4v) is 5.94. The molecule has 0 aliphatic carbocycles. The second-order valence-corrected chi connectivity index (χ2v) is 13.5. The molecule has 0 aliphatic heterocycles. The van der Waals surface area contributed by atoms with Crippen LogP contribution in [-0.4, -0.2) is 62.4 Å². The zero-order valence-electron chi connectivity index (χ0n) is 30.9. The molecule has 3 amide bonds. The number of rotatable bonds is 15. The van der Waals surface area contributed by atoms with E-state index < -0.39 is 42.1 Å². The highest BCUT2D eigenvalue weighted by Gasteiger charge is 2.24. The maximum absolute atomic E-state index is 13.6. The molecule has 5 rings (SSSR count). The lowest BCUT2D eigenvalue weighted by Crippen LogP contribution is -2.46. The highest BCUT2D eigenvalue weighted by atomic mass is 16.6. The van der Waals surface area contributed by atoms with Gasteiger partial charge in [-0.25, -0.2) is 9.59 Å². The fraction of sp³-hybridized carbons (Fsp3) is 0.256. The highest BCUT2D eigenvalue weighted by molar-refractivity contribution is 6.10. The zero-order valence-corrected chi connectivity index (χ0v) is 30.9. The Morgan fingerprint density at radius 2 is 1.43 bits per heavy atom. The van der Waals surface area contributed by atoms with E-state index in [2.05, 4.69) is 22.5 Å². The topological polar surface area (TPSA) is 141 Å². The van der Waals surface area contributed by atoms with Crippen LogP contribution < -0.4 is 25.4 Å². The first-order valence-corrected chi connectivity index (χ1v) is 17.6. The number of esters is 1. The van der Waals surface area contributed by atoms with Crippen molar-refractivity contribution < 1.29 is 38.1 Å². The molecule has 0 aliphatic rings. The Hall–Kier alpha value is -6.36. The summed E-state index contributed by atoms with van der Waals surface area (Å²) in [6.45, 7) is 9.18. The lowest BCUT2D eigenvalue weighted by atomic mass is 9.92. The van der Waals surface area contributed by atoms with E-state index in [9.17, 15) is 19.2 Å². The quantitative estimate of drug-likeness (QED) is 0.0563. The highest BCUT2D eigenvalue weighted by Crippen LogP contribution is 2.45. The average molecular weight is 732 g/mol. The number of alkyl carbamates (subject to hydrolysis) is 1. The number of carbonyl (C=O) groups excluding carboxylic acids is 4. The molecule has 5 aromatic carbocycles. The van der Waals surface area contributed by atoms with Crippen molar-refractivity contribution in [2.24, 2.45) is 0 Å². The van der Waals surface area contributed by atoms with E-state index in [4.69, 9.17) is 18.9 Å². The van der Waals surface area contributed by atoms with Crippen molar-refractivity contribution in [2.75, 3.05) is 32.2 Å². The number of methoxy groups -OCH3 is 1. The predicted octanol–water partition coefficient (Wildman–Crippen LogP) is 7.82. The van der Waals surface area contributed by atoms with Crippen LogP contribution in [0, 0.1) is 0 Å². The van der Waals surface area contributed by atoms with Crippen molar-refractivity contribution >= 4 is 51.1 Å². The zero-order chi connectivity index (χ0) is 38.7. The van der Waals surface area contributed by atoms with Gasteiger partial charge in [0.2, 0.25) is 5.91 Å². The Morgan fingerprint density at radius 1 is 0.796 bits per heavy atom. The Bertz CT molecular complexity index is 2160. The summed E-state index contributed by atoms with van der Waals surface area (Å²) in [5.41, 5.74) is 1.49. The van der Waals surface area contributed by atoms with E-state index in [1.807, 2.05) is 72.8 Å². The molecule has 3 N–H and O–H groups in total. The van der Waals surface area contributed by atoms with Crippen LogP contribution in [0.5, 0.6) is 11.5 Å². The summed E-state index contributed by atoms with van der Waals surface area (Å²) < 4.78 is 22.5. The summed E-state index contributed by atoms with van der Waals surface area (Å²) in [6, 6.07) is 28.8. The van der Waals surface area contributed by atoms with Crippen LogP contribution in [0.1, 0.15) is 44.0 Å². The van der Waals surface area contributed by atoms with E-state index in [0.717, 1.165) is 32.7 Å². The van der Waals surface area contributed by atoms with Gasteiger partial charge in [-0.15, -0.1) is 0 Å². The Balaban J connectivity index is 1.39. The van der Waals surface area contributed by atoms with Crippen LogP contribution in [0.4, 0.5) is 10.5 Å². The normalized spacial score (nSPS) is 11.6. The van der Waals surface area contributed by atoms with E-state index in [-0.39, 0.29) is 18.5 Å². The number of ether oxygens (including phenoxy) is 4. The second-order valence-electron chi connectivity index (χ2n) is 13.5. The molecule has 0 heterocycles. The first-order chi connectivity index (χ1) is 26.0. The number of fused-ring (bicyclic) bond motifs is 2. The number of hydrogen-bond acceptors (Lipinski definition) is 8. The van der Waals surface area contributed by atoms with E-state index in [1.165, 1.54) is 13.2 Å². The SMILES string of the molecule is C=CCOc1ccc2ccccc2c1-c1c(OCC(=O)N[C@H](CCCNC(=O)OC(C)(C)C)C(=O)Nc2cccc(C(=O)OC)c2)ccc2ccccc12. The van der Waals surface area contributed by atoms with Gasteiger partial charge >= 0.3 is 12.1 Å². The third-order valence-corrected chi connectivity index (χ3v) is 8.29. The molecule has 280 valence electrons. The van der Waals surface area contributed by atoms with Crippen molar-refractivity contribution in [3.8, 4) is 22.6 Å². The molecular formula is C43H45N3O8. The molecule has 0 aromatic heterocycles. The molecule has 0 saturated carbocycles. The van der Waals surface area contributed by atoms with Crippen molar-refractivity contribution in [3.63, 3.8) is 0 Å². The first kappa shape index (κ1) is 38.9. The third kappa shape index (κ3) is 10.2. The molecule has 0 saturated heterocycles. The molecular weight excluding hydrogens is 686 g/mol. The number of benzene rings is 5. The average Bonchev–Trinajstić information content (AvgIpc) is 3.16. The Kier molecular flexibility index (Phi) is 12.9. The van der Waals surface area contributed by atoms with Gasteiger partial charge in [0.15, 0.2) is 6.61 Å². The maximum atomic E-state index is 13.6. The van der Waals surface area contributed by atoms with Gasteiger partial charge in [0, 0.05) is 23.4 Å². The van der Waals surface area contributed by atoms with E-state index >= 15 is 0 Å². The predicted molar refractivity (Wildman–Crippen MR) is 210 cm³/mol. The molecule has 0 unspecified atom stereocenters. The van der Waals surface area contributed by atoms with Crippen LogP contribution in [0.2, 0.25) is 0 Å². The van der Waals surface area contributed by atoms with Gasteiger partial charge in [0.05, 0.1) is 12.7 Å². The molecule has 11 nitrogen and oxygen atoms in total. The number of hydrogen-bond donors (Lipinski definition) is 3. The minimum absolute atomic E-state index is 0.172. The van der Waals surface area contributed by atoms with Crippen molar-refractivity contribution in [1.82, 2.24) is 10.6 Å².